The number of pyridine rings is 1. The highest BCUT2D eigenvalue weighted by molar-refractivity contribution is 7.80. The lowest BCUT2D eigenvalue weighted by molar-refractivity contribution is 0.355. The molecular weight excluding hydrogens is 426 g/mol. The van der Waals surface area contributed by atoms with Crippen LogP contribution in [0.2, 0.25) is 0 Å². The van der Waals surface area contributed by atoms with E-state index >= 15 is 0 Å². The number of nitrogens with zero attached hydrogens (tertiary/aromatic N) is 5. The van der Waals surface area contributed by atoms with Gasteiger partial charge < -0.3 is 30.3 Å². The van der Waals surface area contributed by atoms with Crippen molar-refractivity contribution < 1.29 is 9.47 Å². The molecule has 32 heavy (non-hydrogen) atoms. The quantitative estimate of drug-likeness (QED) is 0.560. The maximum absolute atomic E-state index is 6.02. The van der Waals surface area contributed by atoms with Crippen molar-refractivity contribution in [2.24, 2.45) is 0 Å². The second kappa shape index (κ2) is 9.39. The molecule has 1 saturated heterocycles. The van der Waals surface area contributed by atoms with Crippen LogP contribution in [0.15, 0.2) is 30.3 Å². The van der Waals surface area contributed by atoms with E-state index < -0.39 is 0 Å². The third-order valence-corrected chi connectivity index (χ3v) is 5.82. The summed E-state index contributed by atoms with van der Waals surface area (Å²) in [6.45, 7) is 5.98. The number of hydrogen-bond donors (Lipinski definition) is 2. The van der Waals surface area contributed by atoms with E-state index in [4.69, 9.17) is 32.4 Å². The minimum Gasteiger partial charge on any atom is -0.493 e. The van der Waals surface area contributed by atoms with E-state index in [0.717, 1.165) is 54.9 Å². The molecule has 0 amide bonds. The largest absolute Gasteiger partial charge is 0.493 e. The Morgan fingerprint density at radius 3 is 2.47 bits per heavy atom. The summed E-state index contributed by atoms with van der Waals surface area (Å²) in [5, 5.41) is 4.00. The van der Waals surface area contributed by atoms with Crippen molar-refractivity contribution in [3.63, 3.8) is 0 Å². The van der Waals surface area contributed by atoms with Crippen molar-refractivity contribution in [1.82, 2.24) is 25.2 Å². The predicted octanol–water partition coefficient (Wildman–Crippen LogP) is 2.31. The number of methoxy groups -OCH3 is 2. The molecule has 1 aliphatic rings. The molecule has 0 unspecified atom stereocenters. The smallest absolute Gasteiger partial charge is 0.222 e. The Kier molecular flexibility index (Phi) is 6.40. The molecule has 168 valence electrons. The van der Waals surface area contributed by atoms with Gasteiger partial charge in [0.1, 0.15) is 5.52 Å². The summed E-state index contributed by atoms with van der Waals surface area (Å²) in [4.78, 5) is 18.2. The van der Waals surface area contributed by atoms with E-state index in [1.165, 1.54) is 0 Å². The van der Waals surface area contributed by atoms with Crippen molar-refractivity contribution in [3.05, 3.63) is 30.3 Å². The first-order valence-electron chi connectivity index (χ1n) is 10.5. The maximum Gasteiger partial charge on any atom is 0.222 e. The third kappa shape index (κ3) is 4.31. The molecule has 2 aromatic heterocycles. The molecule has 0 spiro atoms. The molecule has 3 N–H and O–H groups in total. The van der Waals surface area contributed by atoms with Gasteiger partial charge in [-0.2, -0.15) is 4.98 Å². The molecule has 0 saturated carbocycles. The van der Waals surface area contributed by atoms with E-state index in [2.05, 4.69) is 25.1 Å². The van der Waals surface area contributed by atoms with Crippen molar-refractivity contribution in [2.45, 2.75) is 6.92 Å². The lowest BCUT2D eigenvalue weighted by Crippen LogP contribution is -2.52. The fourth-order valence-corrected chi connectivity index (χ4v) is 4.10. The highest BCUT2D eigenvalue weighted by atomic mass is 32.1. The van der Waals surface area contributed by atoms with Gasteiger partial charge >= 0.3 is 0 Å². The summed E-state index contributed by atoms with van der Waals surface area (Å²) in [7, 11) is 3.23. The van der Waals surface area contributed by atoms with Crippen LogP contribution < -0.4 is 25.4 Å². The molecule has 1 aliphatic heterocycles. The van der Waals surface area contributed by atoms with Crippen molar-refractivity contribution in [2.75, 3.05) is 57.6 Å². The van der Waals surface area contributed by atoms with Crippen LogP contribution in [0.4, 0.5) is 11.8 Å². The molecule has 0 radical (unpaired) electrons. The van der Waals surface area contributed by atoms with Crippen molar-refractivity contribution >= 4 is 40.1 Å². The Labute approximate surface area is 192 Å². The van der Waals surface area contributed by atoms with Gasteiger partial charge in [-0.3, -0.25) is 0 Å². The molecule has 3 aromatic rings. The topological polar surface area (TPSA) is 102 Å². The minimum absolute atomic E-state index is 0.235. The van der Waals surface area contributed by atoms with Crippen LogP contribution in [0.25, 0.3) is 22.3 Å². The molecular formula is C22H27N7O2S. The fraction of sp³-hybridized carbons (Fsp3) is 0.364. The molecule has 0 aliphatic carbocycles. The van der Waals surface area contributed by atoms with Crippen LogP contribution in [0.1, 0.15) is 6.92 Å². The standard InChI is InChI=1S/C22H27N7O2S/c1-4-24-22(32)29-11-9-28(10-12-29)20-19-16(26-21(23)27-20)7-6-15(25-19)14-5-8-17(30-2)18(13-14)31-3/h5-8,13H,4,9-12H2,1-3H3,(H,24,32)(H2,23,26,27). The summed E-state index contributed by atoms with van der Waals surface area (Å²) >= 11 is 5.45. The van der Waals surface area contributed by atoms with Crippen LogP contribution in [0.3, 0.4) is 0 Å². The summed E-state index contributed by atoms with van der Waals surface area (Å²) in [5.41, 5.74) is 9.15. The Hall–Kier alpha value is -3.40. The zero-order valence-corrected chi connectivity index (χ0v) is 19.3. The number of ether oxygens (including phenoxy) is 2. The van der Waals surface area contributed by atoms with Gasteiger partial charge in [-0.15, -0.1) is 0 Å². The van der Waals surface area contributed by atoms with Gasteiger partial charge in [-0.25, -0.2) is 9.97 Å². The Morgan fingerprint density at radius 1 is 1.03 bits per heavy atom. The zero-order chi connectivity index (χ0) is 22.7. The van der Waals surface area contributed by atoms with Crippen molar-refractivity contribution in [1.29, 1.82) is 0 Å². The van der Waals surface area contributed by atoms with Crippen LogP contribution in [-0.4, -0.2) is 71.9 Å². The maximum atomic E-state index is 6.02. The van der Waals surface area contributed by atoms with E-state index in [0.29, 0.717) is 22.5 Å². The zero-order valence-electron chi connectivity index (χ0n) is 18.5. The minimum atomic E-state index is 0.235. The van der Waals surface area contributed by atoms with Crippen molar-refractivity contribution in [3.8, 4) is 22.8 Å². The van der Waals surface area contributed by atoms with Gasteiger partial charge in [0.2, 0.25) is 5.95 Å². The van der Waals surface area contributed by atoms with Gasteiger partial charge in [0.15, 0.2) is 22.4 Å². The second-order valence-corrected chi connectivity index (χ2v) is 7.74. The van der Waals surface area contributed by atoms with Gasteiger partial charge in [-0.1, -0.05) is 0 Å². The Bertz CT molecular complexity index is 1130. The number of aromatic nitrogens is 3. The second-order valence-electron chi connectivity index (χ2n) is 7.35. The van der Waals surface area contributed by atoms with Gasteiger partial charge in [0.25, 0.3) is 0 Å². The number of fused-ring (bicyclic) bond motifs is 1. The predicted molar refractivity (Wildman–Crippen MR) is 130 cm³/mol. The first-order valence-corrected chi connectivity index (χ1v) is 10.9. The number of hydrogen-bond acceptors (Lipinski definition) is 8. The first-order chi connectivity index (χ1) is 15.5. The number of thiocarbonyl (C=S) groups is 1. The number of benzene rings is 1. The van der Waals surface area contributed by atoms with E-state index in [9.17, 15) is 0 Å². The molecule has 4 rings (SSSR count). The average molecular weight is 454 g/mol. The molecule has 0 atom stereocenters. The highest BCUT2D eigenvalue weighted by Gasteiger charge is 2.23. The first kappa shape index (κ1) is 21.8. The normalized spacial score (nSPS) is 13.8. The Morgan fingerprint density at radius 2 is 1.78 bits per heavy atom. The Balaban J connectivity index is 1.68. The number of nitrogens with two attached hydrogens (primary N) is 1. The third-order valence-electron chi connectivity index (χ3n) is 5.41. The molecule has 10 heteroatoms. The number of piperazine rings is 1. The molecule has 1 aromatic carbocycles. The lowest BCUT2D eigenvalue weighted by atomic mass is 10.1. The van der Waals surface area contributed by atoms with Gasteiger partial charge in [-0.05, 0) is 49.5 Å². The number of anilines is 2. The van der Waals surface area contributed by atoms with Crippen LogP contribution in [-0.2, 0) is 0 Å². The monoisotopic (exact) mass is 453 g/mol. The van der Waals surface area contributed by atoms with Gasteiger partial charge in [0.05, 0.1) is 25.4 Å². The van der Waals surface area contributed by atoms with E-state index in [-0.39, 0.29) is 5.95 Å². The summed E-state index contributed by atoms with van der Waals surface area (Å²) < 4.78 is 10.8. The van der Waals surface area contributed by atoms with E-state index in [1.807, 2.05) is 37.3 Å². The fourth-order valence-electron chi connectivity index (χ4n) is 3.78. The van der Waals surface area contributed by atoms with Crippen LogP contribution in [0.5, 0.6) is 11.5 Å². The van der Waals surface area contributed by atoms with Crippen LogP contribution in [0, 0.1) is 0 Å². The molecule has 3 heterocycles. The number of nitrogens with one attached hydrogen (secondary N) is 1. The van der Waals surface area contributed by atoms with E-state index in [1.54, 1.807) is 14.2 Å². The molecule has 0 bridgehead atoms. The lowest BCUT2D eigenvalue weighted by Gasteiger charge is -2.36. The average Bonchev–Trinajstić information content (AvgIpc) is 2.83. The summed E-state index contributed by atoms with van der Waals surface area (Å²) in [5.74, 6) is 2.29. The summed E-state index contributed by atoms with van der Waals surface area (Å²) in [6, 6.07) is 9.57. The highest BCUT2D eigenvalue weighted by Crippen LogP contribution is 2.33. The summed E-state index contributed by atoms with van der Waals surface area (Å²) in [6.07, 6.45) is 0. The number of nitrogen functional groups attached to an aromatic ring is 1. The molecule has 9 nitrogen and oxygen atoms in total. The van der Waals surface area contributed by atoms with Crippen LogP contribution >= 0.6 is 12.2 Å². The van der Waals surface area contributed by atoms with Gasteiger partial charge in [0, 0.05) is 38.3 Å². The molecule has 1 fully saturated rings. The SMILES string of the molecule is CCNC(=S)N1CCN(c2nc(N)nc3ccc(-c4ccc(OC)c(OC)c4)nc23)CC1. The number of rotatable bonds is 5.